The molecule has 15 heavy (non-hydrogen) atoms. The Morgan fingerprint density at radius 2 is 2.13 bits per heavy atom. The molecule has 0 fully saturated rings. The summed E-state index contributed by atoms with van der Waals surface area (Å²) in [7, 11) is 0. The van der Waals surface area contributed by atoms with Gasteiger partial charge in [-0.2, -0.15) is 0 Å². The number of aromatic nitrogens is 2. The third kappa shape index (κ3) is 4.01. The highest BCUT2D eigenvalue weighted by atomic mass is 35.5. The van der Waals surface area contributed by atoms with Crippen LogP contribution in [-0.4, -0.2) is 27.2 Å². The predicted molar refractivity (Wildman–Crippen MR) is 61.2 cm³/mol. The second-order valence-corrected chi connectivity index (χ2v) is 4.49. The lowest BCUT2D eigenvalue weighted by Gasteiger charge is -2.26. The van der Waals surface area contributed by atoms with Crippen molar-refractivity contribution in [3.63, 3.8) is 0 Å². The number of aryl methyl sites for hydroxylation is 1. The number of aliphatic hydroxyl groups is 1. The summed E-state index contributed by atoms with van der Waals surface area (Å²) in [5.41, 5.74) is -0.209. The van der Waals surface area contributed by atoms with Gasteiger partial charge >= 0.3 is 0 Å². The molecule has 2 N–H and O–H groups in total. The Hall–Kier alpha value is -0.870. The summed E-state index contributed by atoms with van der Waals surface area (Å²) in [6, 6.07) is 1.67. The van der Waals surface area contributed by atoms with Crippen LogP contribution >= 0.6 is 11.6 Å². The lowest BCUT2D eigenvalue weighted by molar-refractivity contribution is 0.260. The van der Waals surface area contributed by atoms with Crippen molar-refractivity contribution in [2.24, 2.45) is 0 Å². The van der Waals surface area contributed by atoms with Crippen LogP contribution in [0.3, 0.4) is 0 Å². The van der Waals surface area contributed by atoms with Gasteiger partial charge in [-0.15, -0.1) is 0 Å². The molecule has 0 aromatic carbocycles. The molecule has 0 spiro atoms. The summed E-state index contributed by atoms with van der Waals surface area (Å²) >= 11 is 5.82. The largest absolute Gasteiger partial charge is 0.396 e. The van der Waals surface area contributed by atoms with Crippen molar-refractivity contribution in [3.8, 4) is 0 Å². The Bertz CT molecular complexity index is 321. The average molecular weight is 230 g/mol. The normalized spacial score (nSPS) is 11.5. The van der Waals surface area contributed by atoms with Crippen molar-refractivity contribution >= 4 is 17.4 Å². The first-order valence-electron chi connectivity index (χ1n) is 4.83. The van der Waals surface area contributed by atoms with Gasteiger partial charge in [-0.25, -0.2) is 9.97 Å². The minimum absolute atomic E-state index is 0.137. The van der Waals surface area contributed by atoms with Crippen molar-refractivity contribution < 1.29 is 5.11 Å². The highest BCUT2D eigenvalue weighted by molar-refractivity contribution is 6.29. The van der Waals surface area contributed by atoms with Crippen LogP contribution in [0.25, 0.3) is 0 Å². The molecule has 0 radical (unpaired) electrons. The number of rotatable bonds is 4. The number of aliphatic hydroxyl groups excluding tert-OH is 1. The zero-order valence-corrected chi connectivity index (χ0v) is 9.97. The number of hydrogen-bond donors (Lipinski definition) is 2. The third-order valence-corrected chi connectivity index (χ3v) is 2.20. The molecule has 1 aromatic rings. The van der Waals surface area contributed by atoms with Crippen LogP contribution < -0.4 is 5.32 Å². The number of anilines is 1. The molecule has 0 aliphatic carbocycles. The van der Waals surface area contributed by atoms with E-state index in [0.717, 1.165) is 0 Å². The summed E-state index contributed by atoms with van der Waals surface area (Å²) in [5.74, 6) is 1.32. The Morgan fingerprint density at radius 1 is 1.47 bits per heavy atom. The Morgan fingerprint density at radius 3 is 2.67 bits per heavy atom. The maximum absolute atomic E-state index is 8.89. The molecule has 0 bridgehead atoms. The lowest BCUT2D eigenvalue weighted by Crippen LogP contribution is -2.32. The zero-order chi connectivity index (χ0) is 11.5. The second-order valence-electron chi connectivity index (χ2n) is 4.11. The van der Waals surface area contributed by atoms with Crippen molar-refractivity contribution in [1.29, 1.82) is 0 Å². The monoisotopic (exact) mass is 229 g/mol. The molecule has 0 unspecified atom stereocenters. The second kappa shape index (κ2) is 4.77. The van der Waals surface area contributed by atoms with Gasteiger partial charge in [0.05, 0.1) is 0 Å². The Labute approximate surface area is 94.7 Å². The summed E-state index contributed by atoms with van der Waals surface area (Å²) in [5, 5.41) is 12.5. The quantitative estimate of drug-likeness (QED) is 0.776. The van der Waals surface area contributed by atoms with Gasteiger partial charge in [-0.05, 0) is 27.2 Å². The SMILES string of the molecule is Cc1nc(Cl)cc(NC(C)(C)CCO)n1. The number of nitrogens with one attached hydrogen (secondary N) is 1. The van der Waals surface area contributed by atoms with E-state index in [-0.39, 0.29) is 12.1 Å². The lowest BCUT2D eigenvalue weighted by atomic mass is 10.0. The Balaban J connectivity index is 2.80. The molecule has 0 amide bonds. The van der Waals surface area contributed by atoms with Crippen molar-refractivity contribution in [2.75, 3.05) is 11.9 Å². The van der Waals surface area contributed by atoms with Crippen LogP contribution in [0.15, 0.2) is 6.07 Å². The van der Waals surface area contributed by atoms with Crippen LogP contribution in [0.1, 0.15) is 26.1 Å². The third-order valence-electron chi connectivity index (χ3n) is 2.01. The molecule has 1 rings (SSSR count). The van der Waals surface area contributed by atoms with Gasteiger partial charge in [-0.3, -0.25) is 0 Å². The molecule has 0 atom stereocenters. The summed E-state index contributed by atoms with van der Waals surface area (Å²) in [6.07, 6.45) is 0.646. The molecular weight excluding hydrogens is 214 g/mol. The van der Waals surface area contributed by atoms with Crippen molar-refractivity contribution in [2.45, 2.75) is 32.7 Å². The molecular formula is C10H16ClN3O. The summed E-state index contributed by atoms with van der Waals surface area (Å²) < 4.78 is 0. The minimum atomic E-state index is -0.209. The van der Waals surface area contributed by atoms with Gasteiger partial charge in [0.25, 0.3) is 0 Å². The first kappa shape index (κ1) is 12.2. The molecule has 0 aliphatic rings. The van der Waals surface area contributed by atoms with Crippen LogP contribution in [-0.2, 0) is 0 Å². The van der Waals surface area contributed by atoms with E-state index in [4.69, 9.17) is 16.7 Å². The van der Waals surface area contributed by atoms with E-state index in [9.17, 15) is 0 Å². The smallest absolute Gasteiger partial charge is 0.134 e. The van der Waals surface area contributed by atoms with E-state index in [1.807, 2.05) is 13.8 Å². The van der Waals surface area contributed by atoms with Gasteiger partial charge in [0.15, 0.2) is 0 Å². The highest BCUT2D eigenvalue weighted by Crippen LogP contribution is 2.18. The first-order valence-corrected chi connectivity index (χ1v) is 5.21. The fourth-order valence-corrected chi connectivity index (χ4v) is 1.51. The van der Waals surface area contributed by atoms with Crippen LogP contribution in [0.5, 0.6) is 0 Å². The van der Waals surface area contributed by atoms with Gasteiger partial charge < -0.3 is 10.4 Å². The molecule has 1 heterocycles. The van der Waals surface area contributed by atoms with Gasteiger partial charge in [0.1, 0.15) is 16.8 Å². The van der Waals surface area contributed by atoms with Crippen LogP contribution in [0.2, 0.25) is 5.15 Å². The first-order chi connectivity index (χ1) is 6.93. The molecule has 0 saturated heterocycles. The number of hydrogen-bond acceptors (Lipinski definition) is 4. The van der Waals surface area contributed by atoms with Crippen molar-refractivity contribution in [1.82, 2.24) is 9.97 Å². The number of nitrogens with zero attached hydrogens (tertiary/aromatic N) is 2. The van der Waals surface area contributed by atoms with Crippen LogP contribution in [0, 0.1) is 6.92 Å². The summed E-state index contributed by atoms with van der Waals surface area (Å²) in [6.45, 7) is 5.91. The van der Waals surface area contributed by atoms with Gasteiger partial charge in [-0.1, -0.05) is 11.6 Å². The number of halogens is 1. The zero-order valence-electron chi connectivity index (χ0n) is 9.21. The van der Waals surface area contributed by atoms with E-state index < -0.39 is 0 Å². The van der Waals surface area contributed by atoms with Gasteiger partial charge in [0.2, 0.25) is 0 Å². The highest BCUT2D eigenvalue weighted by Gasteiger charge is 2.17. The standard InChI is InChI=1S/C10H16ClN3O/c1-7-12-8(11)6-9(13-7)14-10(2,3)4-5-15/h6,15H,4-5H2,1-3H3,(H,12,13,14). The maximum atomic E-state index is 8.89. The Kier molecular flexibility index (Phi) is 3.88. The minimum Gasteiger partial charge on any atom is -0.396 e. The van der Waals surface area contributed by atoms with Crippen LogP contribution in [0.4, 0.5) is 5.82 Å². The van der Waals surface area contributed by atoms with E-state index in [1.54, 1.807) is 13.0 Å². The van der Waals surface area contributed by atoms with E-state index in [1.165, 1.54) is 0 Å². The van der Waals surface area contributed by atoms with E-state index in [2.05, 4.69) is 15.3 Å². The van der Waals surface area contributed by atoms with Crippen molar-refractivity contribution in [3.05, 3.63) is 17.0 Å². The average Bonchev–Trinajstić information content (AvgIpc) is 1.99. The maximum Gasteiger partial charge on any atom is 0.134 e. The van der Waals surface area contributed by atoms with E-state index >= 15 is 0 Å². The fraction of sp³-hybridized carbons (Fsp3) is 0.600. The predicted octanol–water partition coefficient (Wildman–Crippen LogP) is 2.01. The molecule has 84 valence electrons. The molecule has 0 aliphatic heterocycles. The molecule has 5 heteroatoms. The fourth-order valence-electron chi connectivity index (χ4n) is 1.28. The topological polar surface area (TPSA) is 58.0 Å². The van der Waals surface area contributed by atoms with E-state index in [0.29, 0.717) is 23.2 Å². The summed E-state index contributed by atoms with van der Waals surface area (Å²) in [4.78, 5) is 8.19. The molecule has 4 nitrogen and oxygen atoms in total. The van der Waals surface area contributed by atoms with Gasteiger partial charge in [0, 0.05) is 18.2 Å². The molecule has 0 saturated carbocycles. The molecule has 1 aromatic heterocycles.